The van der Waals surface area contributed by atoms with E-state index in [1.165, 1.54) is 7.11 Å². The number of hydrogen-bond donors (Lipinski definition) is 1. The van der Waals surface area contributed by atoms with E-state index in [0.29, 0.717) is 6.61 Å². The van der Waals surface area contributed by atoms with Crippen LogP contribution >= 0.6 is 15.9 Å². The Morgan fingerprint density at radius 2 is 1.94 bits per heavy atom. The van der Waals surface area contributed by atoms with Crippen LogP contribution in [0.15, 0.2) is 28.7 Å². The fourth-order valence-electron chi connectivity index (χ4n) is 1.65. The van der Waals surface area contributed by atoms with E-state index < -0.39 is 6.04 Å². The fourth-order valence-corrected chi connectivity index (χ4v) is 1.91. The van der Waals surface area contributed by atoms with Gasteiger partial charge in [0.15, 0.2) is 0 Å². The van der Waals surface area contributed by atoms with E-state index in [1.807, 2.05) is 31.2 Å². The summed E-state index contributed by atoms with van der Waals surface area (Å²) in [6.07, 6.45) is 0. The maximum Gasteiger partial charge on any atom is 0.328 e. The number of ether oxygens (including phenoxy) is 2. The molecule has 0 aliphatic heterocycles. The van der Waals surface area contributed by atoms with E-state index >= 15 is 0 Å². The first-order valence-corrected chi connectivity index (χ1v) is 6.46. The van der Waals surface area contributed by atoms with Gasteiger partial charge in [0.2, 0.25) is 0 Å². The largest absolute Gasteiger partial charge is 0.467 e. The molecule has 0 spiro atoms. The minimum absolute atomic E-state index is 0.0195. The van der Waals surface area contributed by atoms with Crippen LogP contribution in [0.3, 0.4) is 0 Å². The summed E-state index contributed by atoms with van der Waals surface area (Å²) in [5, 5.41) is 3.17. The molecule has 0 aliphatic carbocycles. The second-order valence-electron chi connectivity index (χ2n) is 4.08. The molecule has 1 N–H and O–H groups in total. The Kier molecular flexibility index (Phi) is 6.15. The van der Waals surface area contributed by atoms with Gasteiger partial charge in [0.1, 0.15) is 6.04 Å². The molecule has 0 radical (unpaired) electrons. The van der Waals surface area contributed by atoms with Crippen LogP contribution in [0.25, 0.3) is 0 Å². The second kappa shape index (κ2) is 7.38. The monoisotopic (exact) mass is 315 g/mol. The SMILES string of the molecule is COCC(C)C(Nc1ccc(Br)cc1)C(=O)OC. The number of methoxy groups -OCH3 is 2. The number of esters is 1. The maximum atomic E-state index is 11.8. The summed E-state index contributed by atoms with van der Waals surface area (Å²) in [7, 11) is 3.00. The number of carbonyl (C=O) groups is 1. The lowest BCUT2D eigenvalue weighted by atomic mass is 10.0. The minimum atomic E-state index is -0.420. The molecule has 5 heteroatoms. The molecule has 0 bridgehead atoms. The van der Waals surface area contributed by atoms with Crippen molar-refractivity contribution in [1.29, 1.82) is 0 Å². The van der Waals surface area contributed by atoms with Crippen LogP contribution in [0.5, 0.6) is 0 Å². The van der Waals surface area contributed by atoms with Crippen molar-refractivity contribution in [3.05, 3.63) is 28.7 Å². The highest BCUT2D eigenvalue weighted by molar-refractivity contribution is 9.10. The third kappa shape index (κ3) is 4.31. The molecule has 1 aromatic rings. The summed E-state index contributed by atoms with van der Waals surface area (Å²) in [5.41, 5.74) is 0.872. The topological polar surface area (TPSA) is 47.6 Å². The fraction of sp³-hybridized carbons (Fsp3) is 0.462. The lowest BCUT2D eigenvalue weighted by molar-refractivity contribution is -0.143. The van der Waals surface area contributed by atoms with E-state index in [9.17, 15) is 4.79 Å². The quantitative estimate of drug-likeness (QED) is 0.820. The molecule has 18 heavy (non-hydrogen) atoms. The Bertz CT molecular complexity index is 380. The summed E-state index contributed by atoms with van der Waals surface area (Å²) < 4.78 is 10.9. The van der Waals surface area contributed by atoms with Gasteiger partial charge in [-0.2, -0.15) is 0 Å². The van der Waals surface area contributed by atoms with Gasteiger partial charge in [0.05, 0.1) is 13.7 Å². The molecule has 100 valence electrons. The third-order valence-electron chi connectivity index (χ3n) is 2.62. The highest BCUT2D eigenvalue weighted by Crippen LogP contribution is 2.17. The molecule has 0 saturated carbocycles. The summed E-state index contributed by atoms with van der Waals surface area (Å²) in [6, 6.07) is 7.21. The van der Waals surface area contributed by atoms with Crippen LogP contribution in [0.4, 0.5) is 5.69 Å². The Hall–Kier alpha value is -1.07. The molecule has 1 rings (SSSR count). The van der Waals surface area contributed by atoms with Crippen molar-refractivity contribution < 1.29 is 14.3 Å². The summed E-state index contributed by atoms with van der Waals surface area (Å²) in [4.78, 5) is 11.8. The molecule has 2 unspecified atom stereocenters. The van der Waals surface area contributed by atoms with Gasteiger partial charge in [-0.1, -0.05) is 22.9 Å². The molecule has 0 heterocycles. The third-order valence-corrected chi connectivity index (χ3v) is 3.15. The Morgan fingerprint density at radius 1 is 1.33 bits per heavy atom. The normalized spacial score (nSPS) is 13.8. The standard InChI is InChI=1S/C13H18BrNO3/c1-9(8-17-2)12(13(16)18-3)15-11-6-4-10(14)5-7-11/h4-7,9,12,15H,8H2,1-3H3. The van der Waals surface area contributed by atoms with Crippen LogP contribution in [0.1, 0.15) is 6.92 Å². The van der Waals surface area contributed by atoms with Gasteiger partial charge in [0, 0.05) is 23.2 Å². The molecule has 4 nitrogen and oxygen atoms in total. The van der Waals surface area contributed by atoms with Crippen molar-refractivity contribution in [3.8, 4) is 0 Å². The first-order chi connectivity index (χ1) is 8.58. The number of halogens is 1. The van der Waals surface area contributed by atoms with Gasteiger partial charge in [-0.05, 0) is 24.3 Å². The zero-order valence-electron chi connectivity index (χ0n) is 10.8. The predicted molar refractivity (Wildman–Crippen MR) is 74.6 cm³/mol. The minimum Gasteiger partial charge on any atom is -0.467 e. The van der Waals surface area contributed by atoms with Crippen LogP contribution in [0, 0.1) is 5.92 Å². The number of hydrogen-bond acceptors (Lipinski definition) is 4. The number of carbonyl (C=O) groups excluding carboxylic acids is 1. The first kappa shape index (κ1) is 15.0. The van der Waals surface area contributed by atoms with E-state index in [1.54, 1.807) is 7.11 Å². The molecule has 0 saturated heterocycles. The number of anilines is 1. The summed E-state index contributed by atoms with van der Waals surface area (Å²) in [5.74, 6) is -0.270. The number of rotatable bonds is 6. The molecular formula is C13H18BrNO3. The summed E-state index contributed by atoms with van der Waals surface area (Å²) >= 11 is 3.37. The molecule has 1 aromatic carbocycles. The van der Waals surface area contributed by atoms with Crippen molar-refractivity contribution in [1.82, 2.24) is 0 Å². The predicted octanol–water partition coefficient (Wildman–Crippen LogP) is 2.69. The lowest BCUT2D eigenvalue weighted by Crippen LogP contribution is -2.38. The summed E-state index contributed by atoms with van der Waals surface area (Å²) in [6.45, 7) is 2.43. The van der Waals surface area contributed by atoms with Gasteiger partial charge >= 0.3 is 5.97 Å². The highest BCUT2D eigenvalue weighted by atomic mass is 79.9. The molecule has 0 amide bonds. The average Bonchev–Trinajstić information content (AvgIpc) is 2.37. The van der Waals surface area contributed by atoms with E-state index in [0.717, 1.165) is 10.2 Å². The maximum absolute atomic E-state index is 11.8. The van der Waals surface area contributed by atoms with Crippen molar-refractivity contribution >= 4 is 27.6 Å². The van der Waals surface area contributed by atoms with Gasteiger partial charge in [0.25, 0.3) is 0 Å². The molecule has 0 aliphatic rings. The lowest BCUT2D eigenvalue weighted by Gasteiger charge is -2.23. The van der Waals surface area contributed by atoms with Crippen molar-refractivity contribution in [2.24, 2.45) is 5.92 Å². The van der Waals surface area contributed by atoms with Crippen LogP contribution in [-0.4, -0.2) is 32.8 Å². The average molecular weight is 316 g/mol. The van der Waals surface area contributed by atoms with E-state index in [-0.39, 0.29) is 11.9 Å². The molecule has 0 fully saturated rings. The van der Waals surface area contributed by atoms with Crippen molar-refractivity contribution in [3.63, 3.8) is 0 Å². The van der Waals surface area contributed by atoms with Crippen LogP contribution in [0.2, 0.25) is 0 Å². The number of nitrogens with one attached hydrogen (secondary N) is 1. The van der Waals surface area contributed by atoms with Crippen molar-refractivity contribution in [2.45, 2.75) is 13.0 Å². The van der Waals surface area contributed by atoms with E-state index in [2.05, 4.69) is 21.2 Å². The smallest absolute Gasteiger partial charge is 0.328 e. The Morgan fingerprint density at radius 3 is 2.44 bits per heavy atom. The van der Waals surface area contributed by atoms with Gasteiger partial charge in [-0.15, -0.1) is 0 Å². The molecule has 0 aromatic heterocycles. The molecular weight excluding hydrogens is 298 g/mol. The Balaban J connectivity index is 2.77. The zero-order chi connectivity index (χ0) is 13.5. The van der Waals surface area contributed by atoms with E-state index in [4.69, 9.17) is 9.47 Å². The van der Waals surface area contributed by atoms with Gasteiger partial charge in [-0.25, -0.2) is 4.79 Å². The highest BCUT2D eigenvalue weighted by Gasteiger charge is 2.25. The van der Waals surface area contributed by atoms with Gasteiger partial charge in [-0.3, -0.25) is 0 Å². The van der Waals surface area contributed by atoms with Gasteiger partial charge < -0.3 is 14.8 Å². The second-order valence-corrected chi connectivity index (χ2v) is 5.00. The molecule has 2 atom stereocenters. The number of benzene rings is 1. The Labute approximate surface area is 116 Å². The first-order valence-electron chi connectivity index (χ1n) is 5.67. The zero-order valence-corrected chi connectivity index (χ0v) is 12.4. The van der Waals surface area contributed by atoms with Crippen LogP contribution in [-0.2, 0) is 14.3 Å². The van der Waals surface area contributed by atoms with Crippen molar-refractivity contribution in [2.75, 3.05) is 26.1 Å². The van der Waals surface area contributed by atoms with Crippen LogP contribution < -0.4 is 5.32 Å².